The number of H-pyrrole nitrogens is 1. The number of benzene rings is 1. The predicted octanol–water partition coefficient (Wildman–Crippen LogP) is 2.90. The molecule has 4 aromatic rings. The number of ether oxygens (including phenoxy) is 1. The van der Waals surface area contributed by atoms with E-state index in [1.807, 2.05) is 49.5 Å². The van der Waals surface area contributed by atoms with Crippen LogP contribution in [0.25, 0.3) is 22.2 Å². The van der Waals surface area contributed by atoms with Gasteiger partial charge in [0.25, 0.3) is 5.91 Å². The van der Waals surface area contributed by atoms with E-state index in [1.165, 1.54) is 0 Å². The number of aromatic amines is 1. The van der Waals surface area contributed by atoms with E-state index in [1.54, 1.807) is 24.2 Å². The van der Waals surface area contributed by atoms with Crippen molar-refractivity contribution in [1.82, 2.24) is 25.1 Å². The van der Waals surface area contributed by atoms with E-state index >= 15 is 0 Å². The number of amides is 1. The monoisotopic (exact) mass is 361 g/mol. The van der Waals surface area contributed by atoms with Gasteiger partial charge in [-0.15, -0.1) is 0 Å². The third kappa shape index (κ3) is 3.39. The standard InChI is InChI=1S/C20H19N5O2/c1-25-15(9-18(24-25)14-4-3-7-21-11-14)12-22-20(26)19-8-13-5-6-16(27-2)10-17(13)23-19/h3-11,23H,12H2,1-2H3,(H,22,26). The predicted molar refractivity (Wildman–Crippen MR) is 102 cm³/mol. The summed E-state index contributed by atoms with van der Waals surface area (Å²) in [5.41, 5.74) is 4.04. The maximum atomic E-state index is 12.5. The van der Waals surface area contributed by atoms with Crippen LogP contribution in [-0.2, 0) is 13.6 Å². The van der Waals surface area contributed by atoms with Crippen LogP contribution in [0.2, 0.25) is 0 Å². The van der Waals surface area contributed by atoms with E-state index in [0.717, 1.165) is 33.6 Å². The molecule has 0 aliphatic rings. The third-order valence-corrected chi connectivity index (χ3v) is 4.44. The molecule has 7 heteroatoms. The first-order valence-corrected chi connectivity index (χ1v) is 8.52. The normalized spacial score (nSPS) is 10.9. The van der Waals surface area contributed by atoms with Crippen molar-refractivity contribution in [1.29, 1.82) is 0 Å². The van der Waals surface area contributed by atoms with Crippen LogP contribution in [0.1, 0.15) is 16.2 Å². The Hall–Kier alpha value is -3.61. The van der Waals surface area contributed by atoms with Crippen LogP contribution >= 0.6 is 0 Å². The molecule has 0 atom stereocenters. The SMILES string of the molecule is COc1ccc2cc(C(=O)NCc3cc(-c4cccnc4)nn3C)[nH]c2c1. The number of carbonyl (C=O) groups is 1. The summed E-state index contributed by atoms with van der Waals surface area (Å²) in [6.45, 7) is 0.376. The lowest BCUT2D eigenvalue weighted by Gasteiger charge is -2.03. The van der Waals surface area contributed by atoms with Crippen molar-refractivity contribution >= 4 is 16.8 Å². The Morgan fingerprint density at radius 1 is 1.26 bits per heavy atom. The molecule has 0 bridgehead atoms. The van der Waals surface area contributed by atoms with Gasteiger partial charge in [-0.3, -0.25) is 14.5 Å². The van der Waals surface area contributed by atoms with Gasteiger partial charge in [0.2, 0.25) is 0 Å². The van der Waals surface area contributed by atoms with Gasteiger partial charge >= 0.3 is 0 Å². The van der Waals surface area contributed by atoms with Crippen LogP contribution < -0.4 is 10.1 Å². The molecule has 136 valence electrons. The van der Waals surface area contributed by atoms with Gasteiger partial charge in [0.15, 0.2) is 0 Å². The number of aromatic nitrogens is 4. The molecular formula is C20H19N5O2. The van der Waals surface area contributed by atoms with Crippen LogP contribution in [0.3, 0.4) is 0 Å². The van der Waals surface area contributed by atoms with Gasteiger partial charge < -0.3 is 15.0 Å². The van der Waals surface area contributed by atoms with Crippen molar-refractivity contribution < 1.29 is 9.53 Å². The van der Waals surface area contributed by atoms with Crippen molar-refractivity contribution in [2.75, 3.05) is 7.11 Å². The maximum absolute atomic E-state index is 12.5. The molecule has 0 spiro atoms. The first-order valence-electron chi connectivity index (χ1n) is 8.52. The second-order valence-corrected chi connectivity index (χ2v) is 6.21. The summed E-state index contributed by atoms with van der Waals surface area (Å²) < 4.78 is 6.98. The Bertz CT molecular complexity index is 1100. The van der Waals surface area contributed by atoms with Gasteiger partial charge in [-0.05, 0) is 36.4 Å². The van der Waals surface area contributed by atoms with Crippen LogP contribution in [-0.4, -0.2) is 32.8 Å². The number of rotatable bonds is 5. The van der Waals surface area contributed by atoms with Gasteiger partial charge in [-0.2, -0.15) is 5.10 Å². The largest absolute Gasteiger partial charge is 0.497 e. The second kappa shape index (κ2) is 6.95. The fraction of sp³-hybridized carbons (Fsp3) is 0.150. The summed E-state index contributed by atoms with van der Waals surface area (Å²) in [6.07, 6.45) is 3.49. The van der Waals surface area contributed by atoms with E-state index in [9.17, 15) is 4.79 Å². The average Bonchev–Trinajstić information content (AvgIpc) is 3.29. The number of aryl methyl sites for hydroxylation is 1. The summed E-state index contributed by atoms with van der Waals surface area (Å²) in [6, 6.07) is 13.3. The van der Waals surface area contributed by atoms with Crippen LogP contribution in [0.15, 0.2) is 54.9 Å². The van der Waals surface area contributed by atoms with Crippen LogP contribution in [0, 0.1) is 0 Å². The Balaban J connectivity index is 1.49. The molecule has 0 unspecified atom stereocenters. The molecule has 0 aliphatic heterocycles. The lowest BCUT2D eigenvalue weighted by molar-refractivity contribution is 0.0946. The zero-order valence-corrected chi connectivity index (χ0v) is 15.1. The van der Waals surface area contributed by atoms with Crippen LogP contribution in [0.4, 0.5) is 0 Å². The smallest absolute Gasteiger partial charge is 0.268 e. The number of methoxy groups -OCH3 is 1. The molecule has 0 radical (unpaired) electrons. The highest BCUT2D eigenvalue weighted by Crippen LogP contribution is 2.21. The van der Waals surface area contributed by atoms with Gasteiger partial charge in [0.05, 0.1) is 25.0 Å². The zero-order chi connectivity index (χ0) is 18.8. The summed E-state index contributed by atoms with van der Waals surface area (Å²) in [4.78, 5) is 19.8. The van der Waals surface area contributed by atoms with E-state index in [2.05, 4.69) is 20.4 Å². The van der Waals surface area contributed by atoms with E-state index in [0.29, 0.717) is 12.2 Å². The maximum Gasteiger partial charge on any atom is 0.268 e. The molecule has 3 aromatic heterocycles. The third-order valence-electron chi connectivity index (χ3n) is 4.44. The highest BCUT2D eigenvalue weighted by molar-refractivity contribution is 5.98. The molecule has 2 N–H and O–H groups in total. The molecule has 0 saturated heterocycles. The van der Waals surface area contributed by atoms with Crippen molar-refractivity contribution in [2.24, 2.45) is 7.05 Å². The molecule has 27 heavy (non-hydrogen) atoms. The minimum Gasteiger partial charge on any atom is -0.497 e. The summed E-state index contributed by atoms with van der Waals surface area (Å²) >= 11 is 0. The topological polar surface area (TPSA) is 84.8 Å². The van der Waals surface area contributed by atoms with Crippen LogP contribution in [0.5, 0.6) is 5.75 Å². The van der Waals surface area contributed by atoms with E-state index < -0.39 is 0 Å². The molecule has 4 rings (SSSR count). The highest BCUT2D eigenvalue weighted by atomic mass is 16.5. The fourth-order valence-electron chi connectivity index (χ4n) is 2.95. The molecule has 0 saturated carbocycles. The number of nitrogens with one attached hydrogen (secondary N) is 2. The molecular weight excluding hydrogens is 342 g/mol. The second-order valence-electron chi connectivity index (χ2n) is 6.21. The summed E-state index contributed by atoms with van der Waals surface area (Å²) in [5, 5.41) is 8.38. The van der Waals surface area contributed by atoms with Crippen molar-refractivity contribution in [3.63, 3.8) is 0 Å². The first-order chi connectivity index (χ1) is 13.1. The number of hydrogen-bond acceptors (Lipinski definition) is 4. The lowest BCUT2D eigenvalue weighted by atomic mass is 10.2. The van der Waals surface area contributed by atoms with Crippen molar-refractivity contribution in [3.8, 4) is 17.0 Å². The zero-order valence-electron chi connectivity index (χ0n) is 15.1. The lowest BCUT2D eigenvalue weighted by Crippen LogP contribution is -2.24. The van der Waals surface area contributed by atoms with Gasteiger partial charge in [0.1, 0.15) is 11.4 Å². The average molecular weight is 361 g/mol. The minimum atomic E-state index is -0.172. The first kappa shape index (κ1) is 16.8. The number of hydrogen-bond donors (Lipinski definition) is 2. The Morgan fingerprint density at radius 3 is 2.93 bits per heavy atom. The Labute approximate surface area is 156 Å². The summed E-state index contributed by atoms with van der Waals surface area (Å²) in [5.74, 6) is 0.573. The molecule has 1 amide bonds. The quantitative estimate of drug-likeness (QED) is 0.572. The molecule has 0 fully saturated rings. The van der Waals surface area contributed by atoms with Crippen molar-refractivity contribution in [3.05, 3.63) is 66.2 Å². The number of carbonyl (C=O) groups excluding carboxylic acids is 1. The number of pyridine rings is 1. The molecule has 1 aromatic carbocycles. The van der Waals surface area contributed by atoms with Gasteiger partial charge in [-0.1, -0.05) is 0 Å². The number of fused-ring (bicyclic) bond motifs is 1. The highest BCUT2D eigenvalue weighted by Gasteiger charge is 2.12. The summed E-state index contributed by atoms with van der Waals surface area (Å²) in [7, 11) is 3.47. The van der Waals surface area contributed by atoms with E-state index in [4.69, 9.17) is 4.74 Å². The van der Waals surface area contributed by atoms with Gasteiger partial charge in [-0.25, -0.2) is 0 Å². The number of nitrogens with zero attached hydrogens (tertiary/aromatic N) is 3. The molecule has 7 nitrogen and oxygen atoms in total. The van der Waals surface area contributed by atoms with E-state index in [-0.39, 0.29) is 5.91 Å². The Kier molecular flexibility index (Phi) is 4.33. The van der Waals surface area contributed by atoms with Gasteiger partial charge in [0, 0.05) is 42.0 Å². The molecule has 3 heterocycles. The minimum absolute atomic E-state index is 0.172. The Morgan fingerprint density at radius 2 is 2.15 bits per heavy atom. The van der Waals surface area contributed by atoms with Crippen molar-refractivity contribution in [2.45, 2.75) is 6.54 Å². The fourth-order valence-corrected chi connectivity index (χ4v) is 2.95. The molecule has 0 aliphatic carbocycles.